The van der Waals surface area contributed by atoms with Crippen LogP contribution in [0.5, 0.6) is 0 Å². The van der Waals surface area contributed by atoms with Crippen molar-refractivity contribution in [2.45, 2.75) is 20.8 Å². The minimum Gasteiger partial charge on any atom is -0.478 e. The number of hydrogen-bond donors (Lipinski definition) is 3. The molecule has 0 saturated heterocycles. The number of benzene rings is 2. The van der Waals surface area contributed by atoms with Crippen LogP contribution in [-0.2, 0) is 0 Å². The zero-order valence-electron chi connectivity index (χ0n) is 13.5. The lowest BCUT2D eigenvalue weighted by Gasteiger charge is -2.00. The van der Waals surface area contributed by atoms with E-state index in [0.29, 0.717) is 0 Å². The number of hydrogen-bond acceptors (Lipinski definition) is 3. The standard InChI is InChI=1S/C9H6O6.C9H12/c10-7(11)4-1-5(8(12)13)3-6(2-4)9(14)15;1-7-4-5-8(2)9(3)6-7/h1-3H,(H,10,11)(H,12,13)(H,14,15);4-6H,1-3H3. The minimum absolute atomic E-state index is 0.368. The number of carbonyl (C=O) groups is 3. The van der Waals surface area contributed by atoms with Gasteiger partial charge >= 0.3 is 17.9 Å². The van der Waals surface area contributed by atoms with E-state index in [1.54, 1.807) is 0 Å². The summed E-state index contributed by atoms with van der Waals surface area (Å²) in [5, 5.41) is 25.8. The normalized spacial score (nSPS) is 9.62. The van der Waals surface area contributed by atoms with Crippen LogP contribution >= 0.6 is 0 Å². The first-order valence-corrected chi connectivity index (χ1v) is 7.00. The lowest BCUT2D eigenvalue weighted by molar-refractivity contribution is 0.0696. The van der Waals surface area contributed by atoms with Gasteiger partial charge in [0.25, 0.3) is 0 Å². The maximum absolute atomic E-state index is 10.6. The van der Waals surface area contributed by atoms with Gasteiger partial charge in [0, 0.05) is 0 Å². The zero-order valence-corrected chi connectivity index (χ0v) is 13.5. The summed E-state index contributed by atoms with van der Waals surface area (Å²) < 4.78 is 0. The van der Waals surface area contributed by atoms with Gasteiger partial charge in [-0.2, -0.15) is 0 Å². The number of carboxylic acids is 3. The summed E-state index contributed by atoms with van der Waals surface area (Å²) >= 11 is 0. The molecule has 6 nitrogen and oxygen atoms in total. The van der Waals surface area contributed by atoms with Gasteiger partial charge < -0.3 is 15.3 Å². The lowest BCUT2D eigenvalue weighted by atomic mass is 10.1. The van der Waals surface area contributed by atoms with Crippen LogP contribution in [0.1, 0.15) is 47.8 Å². The van der Waals surface area contributed by atoms with Gasteiger partial charge in [0.15, 0.2) is 0 Å². The predicted octanol–water partition coefficient (Wildman–Crippen LogP) is 3.39. The van der Waals surface area contributed by atoms with Gasteiger partial charge in [-0.15, -0.1) is 0 Å². The molecule has 0 bridgehead atoms. The van der Waals surface area contributed by atoms with Crippen molar-refractivity contribution in [1.82, 2.24) is 0 Å². The molecule has 0 unspecified atom stereocenters. The molecule has 2 aromatic rings. The molecule has 2 rings (SSSR count). The minimum atomic E-state index is -1.37. The Labute approximate surface area is 139 Å². The average molecular weight is 330 g/mol. The summed E-state index contributed by atoms with van der Waals surface area (Å²) in [5.41, 5.74) is 3.00. The third-order valence-electron chi connectivity index (χ3n) is 3.34. The monoisotopic (exact) mass is 330 g/mol. The van der Waals surface area contributed by atoms with Crippen molar-refractivity contribution < 1.29 is 29.7 Å². The highest BCUT2D eigenvalue weighted by Crippen LogP contribution is 2.11. The molecule has 0 spiro atoms. The van der Waals surface area contributed by atoms with E-state index in [1.807, 2.05) is 0 Å². The average Bonchev–Trinajstić information content (AvgIpc) is 2.51. The summed E-state index contributed by atoms with van der Waals surface area (Å²) in [5.74, 6) is -4.12. The van der Waals surface area contributed by atoms with Crippen molar-refractivity contribution in [2.24, 2.45) is 0 Å². The van der Waals surface area contributed by atoms with Crippen molar-refractivity contribution in [3.05, 3.63) is 69.8 Å². The second-order valence-corrected chi connectivity index (χ2v) is 5.30. The first-order valence-electron chi connectivity index (χ1n) is 7.00. The molecule has 126 valence electrons. The van der Waals surface area contributed by atoms with Gasteiger partial charge in [-0.05, 0) is 50.1 Å². The topological polar surface area (TPSA) is 112 Å². The van der Waals surface area contributed by atoms with Crippen LogP contribution in [-0.4, -0.2) is 33.2 Å². The molecule has 0 aromatic heterocycles. The maximum atomic E-state index is 10.6. The summed E-state index contributed by atoms with van der Waals surface area (Å²) in [6.07, 6.45) is 0. The Morgan fingerprint density at radius 2 is 1.00 bits per heavy atom. The summed E-state index contributed by atoms with van der Waals surface area (Å²) in [6.45, 7) is 6.39. The van der Waals surface area contributed by atoms with E-state index in [0.717, 1.165) is 18.2 Å². The second-order valence-electron chi connectivity index (χ2n) is 5.30. The van der Waals surface area contributed by atoms with Crippen LogP contribution < -0.4 is 0 Å². The van der Waals surface area contributed by atoms with E-state index >= 15 is 0 Å². The Balaban J connectivity index is 0.000000272. The van der Waals surface area contributed by atoms with Crippen LogP contribution in [0.15, 0.2) is 36.4 Å². The molecule has 0 radical (unpaired) electrons. The Hall–Kier alpha value is -3.15. The second kappa shape index (κ2) is 7.92. The SMILES string of the molecule is Cc1ccc(C)c(C)c1.O=C(O)c1cc(C(=O)O)cc(C(=O)O)c1. The van der Waals surface area contributed by atoms with Crippen molar-refractivity contribution in [3.63, 3.8) is 0 Å². The molecule has 2 aromatic carbocycles. The van der Waals surface area contributed by atoms with Crippen molar-refractivity contribution >= 4 is 17.9 Å². The molecular weight excluding hydrogens is 312 g/mol. The van der Waals surface area contributed by atoms with Gasteiger partial charge in [-0.25, -0.2) is 14.4 Å². The molecule has 0 amide bonds. The molecule has 0 atom stereocenters. The van der Waals surface area contributed by atoms with E-state index in [9.17, 15) is 14.4 Å². The Morgan fingerprint density at radius 1 is 0.625 bits per heavy atom. The highest BCUT2D eigenvalue weighted by atomic mass is 16.4. The van der Waals surface area contributed by atoms with Crippen LogP contribution in [0.25, 0.3) is 0 Å². The smallest absolute Gasteiger partial charge is 0.335 e. The van der Waals surface area contributed by atoms with Crippen LogP contribution in [0.4, 0.5) is 0 Å². The van der Waals surface area contributed by atoms with E-state index in [-0.39, 0.29) is 16.7 Å². The summed E-state index contributed by atoms with van der Waals surface area (Å²) in [6, 6.07) is 9.20. The molecule has 0 aliphatic rings. The van der Waals surface area contributed by atoms with Gasteiger partial charge in [0.1, 0.15) is 0 Å². The molecule has 0 heterocycles. The number of carboxylic acid groups (broad SMARTS) is 3. The number of rotatable bonds is 3. The molecule has 3 N–H and O–H groups in total. The molecule has 0 aliphatic carbocycles. The summed E-state index contributed by atoms with van der Waals surface area (Å²) in [4.78, 5) is 31.7. The Kier molecular flexibility index (Phi) is 6.23. The molecular formula is C18H18O6. The fraction of sp³-hybridized carbons (Fsp3) is 0.167. The zero-order chi connectivity index (χ0) is 18.4. The molecule has 0 aliphatic heterocycles. The van der Waals surface area contributed by atoms with E-state index < -0.39 is 17.9 Å². The van der Waals surface area contributed by atoms with Crippen LogP contribution in [0.2, 0.25) is 0 Å². The highest BCUT2D eigenvalue weighted by molar-refractivity contribution is 5.98. The van der Waals surface area contributed by atoms with E-state index in [1.165, 1.54) is 16.7 Å². The maximum Gasteiger partial charge on any atom is 0.335 e. The van der Waals surface area contributed by atoms with Crippen molar-refractivity contribution in [2.75, 3.05) is 0 Å². The van der Waals surface area contributed by atoms with Gasteiger partial charge in [0.2, 0.25) is 0 Å². The fourth-order valence-corrected chi connectivity index (χ4v) is 1.89. The first-order chi connectivity index (χ1) is 11.1. The fourth-order valence-electron chi connectivity index (χ4n) is 1.89. The van der Waals surface area contributed by atoms with Gasteiger partial charge in [-0.1, -0.05) is 23.8 Å². The quantitative estimate of drug-likeness (QED) is 0.795. The molecule has 6 heteroatoms. The van der Waals surface area contributed by atoms with Crippen LogP contribution in [0, 0.1) is 20.8 Å². The lowest BCUT2D eigenvalue weighted by Crippen LogP contribution is -2.07. The Bertz CT molecular complexity index is 713. The number of aryl methyl sites for hydroxylation is 3. The molecule has 0 fully saturated rings. The van der Waals surface area contributed by atoms with Crippen molar-refractivity contribution in [1.29, 1.82) is 0 Å². The predicted molar refractivity (Wildman–Crippen MR) is 88.0 cm³/mol. The Morgan fingerprint density at radius 3 is 1.25 bits per heavy atom. The van der Waals surface area contributed by atoms with E-state index in [4.69, 9.17) is 15.3 Å². The number of aromatic carboxylic acids is 3. The highest BCUT2D eigenvalue weighted by Gasteiger charge is 2.14. The first kappa shape index (κ1) is 18.9. The van der Waals surface area contributed by atoms with Gasteiger partial charge in [-0.3, -0.25) is 0 Å². The largest absolute Gasteiger partial charge is 0.478 e. The molecule has 24 heavy (non-hydrogen) atoms. The third-order valence-corrected chi connectivity index (χ3v) is 3.34. The van der Waals surface area contributed by atoms with E-state index in [2.05, 4.69) is 39.0 Å². The summed E-state index contributed by atoms with van der Waals surface area (Å²) in [7, 11) is 0. The third kappa shape index (κ3) is 5.24. The van der Waals surface area contributed by atoms with Crippen molar-refractivity contribution in [3.8, 4) is 0 Å². The van der Waals surface area contributed by atoms with Gasteiger partial charge in [0.05, 0.1) is 16.7 Å². The van der Waals surface area contributed by atoms with Crippen LogP contribution in [0.3, 0.4) is 0 Å². The molecule has 0 saturated carbocycles.